The summed E-state index contributed by atoms with van der Waals surface area (Å²) in [6.07, 6.45) is 3.34. The molecule has 1 aromatic carbocycles. The number of thiazole rings is 1. The quantitative estimate of drug-likeness (QED) is 0.698. The van der Waals surface area contributed by atoms with E-state index in [1.807, 2.05) is 54.8 Å². The number of nitrogens with zero attached hydrogens (tertiary/aromatic N) is 1. The minimum absolute atomic E-state index is 0.165. The molecule has 0 radical (unpaired) electrons. The Hall–Kier alpha value is -2.24. The average Bonchev–Trinajstić information content (AvgIpc) is 3.16. The molecule has 3 nitrogen and oxygen atoms in total. The number of amides is 1. The van der Waals surface area contributed by atoms with Crippen molar-refractivity contribution in [1.29, 1.82) is 0 Å². The maximum absolute atomic E-state index is 11.9. The molecule has 0 saturated heterocycles. The zero-order valence-electron chi connectivity index (χ0n) is 11.9. The molecule has 1 amide bonds. The fraction of sp³-hybridized carbons (Fsp3) is 0.0588. The molecule has 2 aromatic heterocycles. The molecule has 0 aliphatic carbocycles. The van der Waals surface area contributed by atoms with Crippen LogP contribution in [-0.2, 0) is 4.79 Å². The monoisotopic (exact) mass is 326 g/mol. The summed E-state index contributed by atoms with van der Waals surface area (Å²) in [5, 5.41) is 5.42. The van der Waals surface area contributed by atoms with Crippen molar-refractivity contribution in [2.75, 3.05) is 5.32 Å². The van der Waals surface area contributed by atoms with Gasteiger partial charge in [0.1, 0.15) is 0 Å². The van der Waals surface area contributed by atoms with E-state index in [4.69, 9.17) is 0 Å². The first-order valence-electron chi connectivity index (χ1n) is 6.78. The lowest BCUT2D eigenvalue weighted by Gasteiger charge is -1.97. The van der Waals surface area contributed by atoms with E-state index in [1.54, 1.807) is 17.4 Å². The summed E-state index contributed by atoms with van der Waals surface area (Å²) in [5.74, 6) is -0.165. The second-order valence-electron chi connectivity index (χ2n) is 4.63. The van der Waals surface area contributed by atoms with Gasteiger partial charge in [-0.25, -0.2) is 4.98 Å². The summed E-state index contributed by atoms with van der Waals surface area (Å²) in [6.45, 7) is 2.01. The second-order valence-corrected chi connectivity index (χ2v) is 6.81. The zero-order valence-corrected chi connectivity index (χ0v) is 13.6. The lowest BCUT2D eigenvalue weighted by Crippen LogP contribution is -2.07. The van der Waals surface area contributed by atoms with E-state index >= 15 is 0 Å². The van der Waals surface area contributed by atoms with E-state index in [2.05, 4.69) is 10.3 Å². The smallest absolute Gasteiger partial charge is 0.250 e. The molecule has 0 bridgehead atoms. The van der Waals surface area contributed by atoms with Crippen molar-refractivity contribution in [1.82, 2.24) is 4.98 Å². The first-order chi connectivity index (χ1) is 10.7. The van der Waals surface area contributed by atoms with Crippen LogP contribution in [0.1, 0.15) is 9.75 Å². The molecule has 0 fully saturated rings. The number of benzene rings is 1. The fourth-order valence-corrected chi connectivity index (χ4v) is 3.46. The molecule has 22 heavy (non-hydrogen) atoms. The van der Waals surface area contributed by atoms with E-state index in [0.717, 1.165) is 21.0 Å². The summed E-state index contributed by atoms with van der Waals surface area (Å²) in [4.78, 5) is 18.6. The first-order valence-corrected chi connectivity index (χ1v) is 8.47. The van der Waals surface area contributed by atoms with E-state index in [0.29, 0.717) is 5.13 Å². The van der Waals surface area contributed by atoms with Crippen LogP contribution >= 0.6 is 22.7 Å². The number of rotatable bonds is 4. The van der Waals surface area contributed by atoms with Crippen molar-refractivity contribution in [3.8, 4) is 11.3 Å². The molecule has 0 unspecified atom stereocenters. The van der Waals surface area contributed by atoms with Crippen LogP contribution < -0.4 is 5.32 Å². The van der Waals surface area contributed by atoms with Crippen LogP contribution in [0.3, 0.4) is 0 Å². The molecule has 0 atom stereocenters. The molecule has 3 rings (SSSR count). The average molecular weight is 326 g/mol. The highest BCUT2D eigenvalue weighted by atomic mass is 32.1. The highest BCUT2D eigenvalue weighted by Gasteiger charge is 2.10. The van der Waals surface area contributed by atoms with Gasteiger partial charge in [0.05, 0.1) is 5.69 Å². The minimum Gasteiger partial charge on any atom is -0.298 e. The van der Waals surface area contributed by atoms with Gasteiger partial charge in [-0.1, -0.05) is 36.4 Å². The van der Waals surface area contributed by atoms with Gasteiger partial charge in [-0.15, -0.1) is 22.7 Å². The van der Waals surface area contributed by atoms with Gasteiger partial charge < -0.3 is 0 Å². The lowest BCUT2D eigenvalue weighted by atomic mass is 10.1. The third kappa shape index (κ3) is 3.50. The molecule has 1 N–H and O–H groups in total. The Labute approximate surface area is 137 Å². The summed E-state index contributed by atoms with van der Waals surface area (Å²) in [6, 6.07) is 13.9. The molecule has 0 aliphatic heterocycles. The molecule has 5 heteroatoms. The van der Waals surface area contributed by atoms with Crippen LogP contribution in [0.4, 0.5) is 5.13 Å². The molecule has 110 valence electrons. The van der Waals surface area contributed by atoms with E-state index in [-0.39, 0.29) is 5.91 Å². The highest BCUT2D eigenvalue weighted by molar-refractivity contribution is 7.16. The second kappa shape index (κ2) is 6.68. The number of aryl methyl sites for hydroxylation is 1. The molecule has 0 spiro atoms. The van der Waals surface area contributed by atoms with Crippen molar-refractivity contribution >= 4 is 39.8 Å². The van der Waals surface area contributed by atoms with Crippen molar-refractivity contribution in [2.24, 2.45) is 0 Å². The standard InChI is InChI=1S/C17H14N2OS2/c1-12-16(13-6-3-2-4-7-13)19-17(22-12)18-15(20)10-9-14-8-5-11-21-14/h2-11H,1H3,(H,18,19,20)/b10-9+. The van der Waals surface area contributed by atoms with Crippen LogP contribution in [0.25, 0.3) is 17.3 Å². The van der Waals surface area contributed by atoms with Gasteiger partial charge in [-0.2, -0.15) is 0 Å². The predicted molar refractivity (Wildman–Crippen MR) is 94.3 cm³/mol. The molecular formula is C17H14N2OS2. The predicted octanol–water partition coefficient (Wildman–Crippen LogP) is 4.83. The van der Waals surface area contributed by atoms with E-state index in [9.17, 15) is 4.79 Å². The number of carbonyl (C=O) groups is 1. The summed E-state index contributed by atoms with van der Waals surface area (Å²) in [5.41, 5.74) is 1.98. The van der Waals surface area contributed by atoms with Crippen LogP contribution in [0.2, 0.25) is 0 Å². The summed E-state index contributed by atoms with van der Waals surface area (Å²) in [7, 11) is 0. The SMILES string of the molecule is Cc1sc(NC(=O)/C=C/c2cccs2)nc1-c1ccccc1. The van der Waals surface area contributed by atoms with Gasteiger partial charge in [-0.05, 0) is 24.4 Å². The Morgan fingerprint density at radius 1 is 1.18 bits per heavy atom. The maximum Gasteiger partial charge on any atom is 0.250 e. The van der Waals surface area contributed by atoms with Crippen molar-refractivity contribution in [2.45, 2.75) is 6.92 Å². The Balaban J connectivity index is 1.72. The van der Waals surface area contributed by atoms with Gasteiger partial charge in [0.15, 0.2) is 5.13 Å². The summed E-state index contributed by atoms with van der Waals surface area (Å²) >= 11 is 3.08. The lowest BCUT2D eigenvalue weighted by molar-refractivity contribution is -0.111. The number of anilines is 1. The Bertz CT molecular complexity index is 789. The van der Waals surface area contributed by atoms with Gasteiger partial charge >= 0.3 is 0 Å². The molecule has 3 aromatic rings. The van der Waals surface area contributed by atoms with Crippen LogP contribution in [0.15, 0.2) is 53.9 Å². The van der Waals surface area contributed by atoms with E-state index in [1.165, 1.54) is 17.4 Å². The summed E-state index contributed by atoms with van der Waals surface area (Å²) < 4.78 is 0. The number of thiophene rings is 1. The normalized spacial score (nSPS) is 11.0. The number of hydrogen-bond acceptors (Lipinski definition) is 4. The molecule has 2 heterocycles. The Morgan fingerprint density at radius 3 is 2.73 bits per heavy atom. The Morgan fingerprint density at radius 2 is 2.00 bits per heavy atom. The van der Waals surface area contributed by atoms with Crippen molar-refractivity contribution in [3.63, 3.8) is 0 Å². The zero-order chi connectivity index (χ0) is 15.4. The maximum atomic E-state index is 11.9. The number of carbonyl (C=O) groups excluding carboxylic acids is 1. The van der Waals surface area contributed by atoms with Crippen LogP contribution in [0.5, 0.6) is 0 Å². The topological polar surface area (TPSA) is 42.0 Å². The van der Waals surface area contributed by atoms with Gasteiger partial charge in [-0.3, -0.25) is 10.1 Å². The minimum atomic E-state index is -0.165. The van der Waals surface area contributed by atoms with Crippen LogP contribution in [-0.4, -0.2) is 10.9 Å². The molecule has 0 saturated carbocycles. The van der Waals surface area contributed by atoms with Crippen molar-refractivity contribution < 1.29 is 4.79 Å². The van der Waals surface area contributed by atoms with Gasteiger partial charge in [0, 0.05) is 21.4 Å². The fourth-order valence-electron chi connectivity index (χ4n) is 2.00. The van der Waals surface area contributed by atoms with Gasteiger partial charge in [0.25, 0.3) is 0 Å². The van der Waals surface area contributed by atoms with Gasteiger partial charge in [0.2, 0.25) is 5.91 Å². The van der Waals surface area contributed by atoms with Crippen molar-refractivity contribution in [3.05, 3.63) is 63.7 Å². The number of hydrogen-bond donors (Lipinski definition) is 1. The third-order valence-electron chi connectivity index (χ3n) is 3.02. The molecular weight excluding hydrogens is 312 g/mol. The van der Waals surface area contributed by atoms with E-state index < -0.39 is 0 Å². The first kappa shape index (κ1) is 14.7. The number of nitrogens with one attached hydrogen (secondary N) is 1. The highest BCUT2D eigenvalue weighted by Crippen LogP contribution is 2.30. The largest absolute Gasteiger partial charge is 0.298 e. The Kier molecular flexibility index (Phi) is 4.46. The third-order valence-corrected chi connectivity index (χ3v) is 4.74. The van der Waals surface area contributed by atoms with Crippen LogP contribution in [0, 0.1) is 6.92 Å². The molecule has 0 aliphatic rings. The number of aromatic nitrogens is 1.